The Kier molecular flexibility index (Phi) is 7.91. The fourth-order valence-electron chi connectivity index (χ4n) is 2.07. The number of carbonyl (C=O) groups is 3. The van der Waals surface area contributed by atoms with Crippen LogP contribution in [0.4, 0.5) is 0 Å². The molecule has 1 N–H and O–H groups in total. The molecular formula is C20H19NO6S. The third-order valence-corrected chi connectivity index (χ3v) is 4.42. The molecule has 0 heterocycles. The second-order valence-corrected chi connectivity index (χ2v) is 6.75. The molecule has 2 rings (SSSR count). The first-order chi connectivity index (χ1) is 13.4. The molecule has 7 nitrogen and oxygen atoms in total. The van der Waals surface area contributed by atoms with Gasteiger partial charge in [-0.1, -0.05) is 16.9 Å². The molecule has 0 bridgehead atoms. The van der Waals surface area contributed by atoms with Crippen LogP contribution in [0.5, 0.6) is 0 Å². The summed E-state index contributed by atoms with van der Waals surface area (Å²) in [6, 6.07) is 13.8. The summed E-state index contributed by atoms with van der Waals surface area (Å²) in [4.78, 5) is 41.0. The normalized spacial score (nSPS) is 11.0. The molecule has 0 aliphatic rings. The lowest BCUT2D eigenvalue weighted by atomic mass is 10.1. The Bertz CT molecular complexity index is 875. The zero-order valence-electron chi connectivity index (χ0n) is 15.4. The highest BCUT2D eigenvalue weighted by molar-refractivity contribution is 7.99. The Morgan fingerprint density at radius 1 is 0.929 bits per heavy atom. The summed E-state index contributed by atoms with van der Waals surface area (Å²) in [7, 11) is 0. The Morgan fingerprint density at radius 3 is 1.96 bits per heavy atom. The molecule has 0 amide bonds. The number of benzene rings is 2. The number of Topliss-reactive ketones (excluding diaryl/α,β-unsaturated/α-hetero) is 1. The van der Waals surface area contributed by atoms with E-state index in [4.69, 9.17) is 9.84 Å². The lowest BCUT2D eigenvalue weighted by Gasteiger charge is -2.06. The van der Waals surface area contributed by atoms with Gasteiger partial charge in [-0.3, -0.25) is 4.79 Å². The molecule has 0 aliphatic carbocycles. The maximum atomic E-state index is 12.2. The fourth-order valence-corrected chi connectivity index (χ4v) is 2.89. The molecule has 0 radical (unpaired) electrons. The highest BCUT2D eigenvalue weighted by Gasteiger charge is 2.11. The number of hydrogen-bond donors (Lipinski definition) is 1. The quantitative estimate of drug-likeness (QED) is 0.238. The van der Waals surface area contributed by atoms with Gasteiger partial charge in [0.25, 0.3) is 0 Å². The average Bonchev–Trinajstić information content (AvgIpc) is 2.70. The third kappa shape index (κ3) is 6.33. The summed E-state index contributed by atoms with van der Waals surface area (Å²) in [6.45, 7) is 2.43. The van der Waals surface area contributed by atoms with Crippen molar-refractivity contribution in [3.05, 3.63) is 59.7 Å². The molecule has 0 spiro atoms. The van der Waals surface area contributed by atoms with Crippen LogP contribution in [0.1, 0.15) is 34.6 Å². The van der Waals surface area contributed by atoms with Crippen LogP contribution in [0.3, 0.4) is 0 Å². The van der Waals surface area contributed by atoms with Crippen molar-refractivity contribution >= 4 is 35.2 Å². The molecule has 0 saturated heterocycles. The van der Waals surface area contributed by atoms with Crippen molar-refractivity contribution in [2.45, 2.75) is 23.6 Å². The van der Waals surface area contributed by atoms with Gasteiger partial charge in [-0.2, -0.15) is 0 Å². The Hall–Kier alpha value is -2.97. The second kappa shape index (κ2) is 10.4. The summed E-state index contributed by atoms with van der Waals surface area (Å²) < 4.78 is 4.86. The molecule has 146 valence electrons. The summed E-state index contributed by atoms with van der Waals surface area (Å²) >= 11 is 1.47. The first-order valence-electron chi connectivity index (χ1n) is 8.33. The van der Waals surface area contributed by atoms with Crippen molar-refractivity contribution in [1.29, 1.82) is 0 Å². The van der Waals surface area contributed by atoms with E-state index in [0.29, 0.717) is 11.1 Å². The zero-order chi connectivity index (χ0) is 20.5. The minimum Gasteiger partial charge on any atom is -0.460 e. The molecule has 0 aliphatic heterocycles. The van der Waals surface area contributed by atoms with Crippen LogP contribution in [0.2, 0.25) is 0 Å². The van der Waals surface area contributed by atoms with Gasteiger partial charge in [-0.25, -0.2) is 9.59 Å². The van der Waals surface area contributed by atoms with Gasteiger partial charge < -0.3 is 14.7 Å². The summed E-state index contributed by atoms with van der Waals surface area (Å²) in [5.41, 5.74) is 0.917. The highest BCUT2D eigenvalue weighted by Crippen LogP contribution is 2.28. The first kappa shape index (κ1) is 21.3. The van der Waals surface area contributed by atoms with Crippen LogP contribution in [-0.4, -0.2) is 41.8 Å². The predicted octanol–water partition coefficient (Wildman–Crippen LogP) is 3.11. The van der Waals surface area contributed by atoms with Crippen molar-refractivity contribution in [1.82, 2.24) is 0 Å². The topological polar surface area (TPSA) is 102 Å². The maximum Gasteiger partial charge on any atom is 0.338 e. The van der Waals surface area contributed by atoms with Gasteiger partial charge in [0.1, 0.15) is 12.3 Å². The fraction of sp³-hybridized carbons (Fsp3) is 0.200. The number of nitrogens with zero attached hydrogens (tertiary/aromatic N) is 1. The van der Waals surface area contributed by atoms with Crippen LogP contribution < -0.4 is 0 Å². The molecule has 0 unspecified atom stereocenters. The van der Waals surface area contributed by atoms with E-state index in [1.54, 1.807) is 48.5 Å². The van der Waals surface area contributed by atoms with E-state index in [0.717, 1.165) is 9.79 Å². The van der Waals surface area contributed by atoms with E-state index in [2.05, 4.69) is 9.99 Å². The second-order valence-electron chi connectivity index (χ2n) is 5.60. The van der Waals surface area contributed by atoms with E-state index in [1.807, 2.05) is 0 Å². The summed E-state index contributed by atoms with van der Waals surface area (Å²) in [5, 5.41) is 12.2. The minimum atomic E-state index is -0.591. The van der Waals surface area contributed by atoms with Gasteiger partial charge in [0, 0.05) is 22.3 Å². The molecule has 2 aromatic rings. The van der Waals surface area contributed by atoms with Crippen LogP contribution in [0.25, 0.3) is 0 Å². The maximum absolute atomic E-state index is 12.2. The number of rotatable bonds is 8. The van der Waals surface area contributed by atoms with Crippen molar-refractivity contribution in [2.24, 2.45) is 5.16 Å². The smallest absolute Gasteiger partial charge is 0.338 e. The number of ketones is 1. The number of oxime groups is 1. The Labute approximate surface area is 166 Å². The number of aliphatic hydroxyl groups is 1. The molecule has 0 saturated carbocycles. The number of esters is 1. The van der Waals surface area contributed by atoms with Gasteiger partial charge in [0.2, 0.25) is 5.78 Å². The third-order valence-electron chi connectivity index (χ3n) is 3.41. The molecule has 8 heteroatoms. The molecule has 2 aromatic carbocycles. The number of ether oxygens (including phenoxy) is 1. The molecule has 0 atom stereocenters. The van der Waals surface area contributed by atoms with Crippen molar-refractivity contribution in [3.63, 3.8) is 0 Å². The summed E-state index contributed by atoms with van der Waals surface area (Å²) in [5.74, 6) is -1.41. The highest BCUT2D eigenvalue weighted by atomic mass is 32.2. The van der Waals surface area contributed by atoms with Crippen molar-refractivity contribution < 1.29 is 29.1 Å². The van der Waals surface area contributed by atoms with Gasteiger partial charge in [-0.05, 0) is 55.5 Å². The lowest BCUT2D eigenvalue weighted by molar-refractivity contribution is -0.140. The predicted molar refractivity (Wildman–Crippen MR) is 104 cm³/mol. The van der Waals surface area contributed by atoms with Crippen LogP contribution in [0.15, 0.2) is 63.5 Å². The van der Waals surface area contributed by atoms with E-state index >= 15 is 0 Å². The van der Waals surface area contributed by atoms with Crippen LogP contribution >= 0.6 is 11.8 Å². The zero-order valence-corrected chi connectivity index (χ0v) is 16.2. The Balaban J connectivity index is 2.00. The molecule has 0 aromatic heterocycles. The monoisotopic (exact) mass is 401 g/mol. The van der Waals surface area contributed by atoms with Crippen molar-refractivity contribution in [3.8, 4) is 0 Å². The SMILES string of the molecule is CC(=O)ON=C(C)C(=O)c1ccc(Sc2ccc(C(=O)OCCO)cc2)cc1. The van der Waals surface area contributed by atoms with Crippen LogP contribution in [0, 0.1) is 0 Å². The number of aliphatic hydroxyl groups excluding tert-OH is 1. The number of hydrogen-bond acceptors (Lipinski definition) is 8. The summed E-state index contributed by atoms with van der Waals surface area (Å²) in [6.07, 6.45) is 0. The van der Waals surface area contributed by atoms with Crippen molar-refractivity contribution in [2.75, 3.05) is 13.2 Å². The largest absolute Gasteiger partial charge is 0.460 e. The van der Waals surface area contributed by atoms with E-state index in [-0.39, 0.29) is 24.7 Å². The van der Waals surface area contributed by atoms with Gasteiger partial charge >= 0.3 is 11.9 Å². The van der Waals surface area contributed by atoms with E-state index < -0.39 is 11.9 Å². The van der Waals surface area contributed by atoms with Gasteiger partial charge in [0.15, 0.2) is 0 Å². The van der Waals surface area contributed by atoms with E-state index in [9.17, 15) is 14.4 Å². The average molecular weight is 401 g/mol. The molecular weight excluding hydrogens is 382 g/mol. The lowest BCUT2D eigenvalue weighted by Crippen LogP contribution is -2.11. The molecule has 0 fully saturated rings. The number of carbonyl (C=O) groups excluding carboxylic acids is 3. The van der Waals surface area contributed by atoms with E-state index in [1.165, 1.54) is 25.6 Å². The van der Waals surface area contributed by atoms with Crippen LogP contribution in [-0.2, 0) is 14.4 Å². The standard InChI is InChI=1S/C20H19NO6S/c1-13(21-27-14(2)23)19(24)15-3-7-17(8-4-15)28-18-9-5-16(6-10-18)20(25)26-12-11-22/h3-10,22H,11-12H2,1-2H3. The Morgan fingerprint density at radius 2 is 1.46 bits per heavy atom. The van der Waals surface area contributed by atoms with Gasteiger partial charge in [0.05, 0.1) is 12.2 Å². The minimum absolute atomic E-state index is 0.0362. The molecule has 28 heavy (non-hydrogen) atoms. The van der Waals surface area contributed by atoms with Gasteiger partial charge in [-0.15, -0.1) is 0 Å². The first-order valence-corrected chi connectivity index (χ1v) is 9.15.